The van der Waals surface area contributed by atoms with Crippen molar-refractivity contribution in [1.82, 2.24) is 5.32 Å². The summed E-state index contributed by atoms with van der Waals surface area (Å²) in [6.45, 7) is 4.86. The van der Waals surface area contributed by atoms with E-state index in [2.05, 4.69) is 5.32 Å². The Labute approximate surface area is 85.9 Å². The first kappa shape index (κ1) is 13.4. The van der Waals surface area contributed by atoms with Crippen molar-refractivity contribution >= 4 is 5.91 Å². The van der Waals surface area contributed by atoms with E-state index in [-0.39, 0.29) is 12.5 Å². The van der Waals surface area contributed by atoms with Gasteiger partial charge < -0.3 is 16.2 Å². The van der Waals surface area contributed by atoms with E-state index in [4.69, 9.17) is 10.8 Å². The highest BCUT2D eigenvalue weighted by atomic mass is 16.2. The summed E-state index contributed by atoms with van der Waals surface area (Å²) in [6.07, 6.45) is 2.24. The maximum Gasteiger partial charge on any atom is 0.236 e. The monoisotopic (exact) mass is 202 g/mol. The zero-order valence-electron chi connectivity index (χ0n) is 9.12. The minimum absolute atomic E-state index is 0.0864. The van der Waals surface area contributed by atoms with Gasteiger partial charge in [-0.2, -0.15) is 0 Å². The molecule has 0 aromatic rings. The van der Waals surface area contributed by atoms with E-state index < -0.39 is 6.04 Å². The molecule has 0 saturated heterocycles. The van der Waals surface area contributed by atoms with E-state index >= 15 is 0 Å². The van der Waals surface area contributed by atoms with Crippen molar-refractivity contribution < 1.29 is 9.90 Å². The summed E-state index contributed by atoms with van der Waals surface area (Å²) < 4.78 is 0. The second-order valence-electron chi connectivity index (χ2n) is 3.96. The van der Waals surface area contributed by atoms with Crippen molar-refractivity contribution in [3.05, 3.63) is 0 Å². The molecular formula is C10H22N2O2. The Morgan fingerprint density at radius 3 is 2.57 bits per heavy atom. The van der Waals surface area contributed by atoms with Crippen LogP contribution in [0.15, 0.2) is 0 Å². The number of carbonyl (C=O) groups is 1. The predicted octanol–water partition coefficient (Wildman–Crippen LogP) is 0.249. The van der Waals surface area contributed by atoms with Gasteiger partial charge in [0.15, 0.2) is 0 Å². The van der Waals surface area contributed by atoms with Gasteiger partial charge in [-0.1, -0.05) is 13.8 Å². The van der Waals surface area contributed by atoms with Gasteiger partial charge in [0.2, 0.25) is 5.91 Å². The van der Waals surface area contributed by atoms with Crippen LogP contribution in [0.25, 0.3) is 0 Å². The normalized spacial score (nSPS) is 12.9. The van der Waals surface area contributed by atoms with Gasteiger partial charge in [-0.05, 0) is 25.2 Å². The molecule has 4 nitrogen and oxygen atoms in total. The number of aliphatic hydroxyl groups excluding tert-OH is 1. The van der Waals surface area contributed by atoms with E-state index in [1.54, 1.807) is 0 Å². The molecule has 0 unspecified atom stereocenters. The molecule has 14 heavy (non-hydrogen) atoms. The number of hydrogen-bond acceptors (Lipinski definition) is 3. The molecular weight excluding hydrogens is 180 g/mol. The van der Waals surface area contributed by atoms with E-state index in [0.29, 0.717) is 18.9 Å². The molecule has 0 aromatic carbocycles. The highest BCUT2D eigenvalue weighted by Crippen LogP contribution is 2.02. The third-order valence-electron chi connectivity index (χ3n) is 1.95. The lowest BCUT2D eigenvalue weighted by molar-refractivity contribution is -0.122. The molecule has 4 heteroatoms. The van der Waals surface area contributed by atoms with Crippen molar-refractivity contribution in [2.24, 2.45) is 11.7 Å². The van der Waals surface area contributed by atoms with Crippen LogP contribution >= 0.6 is 0 Å². The van der Waals surface area contributed by atoms with Gasteiger partial charge in [0.1, 0.15) is 0 Å². The van der Waals surface area contributed by atoms with Crippen molar-refractivity contribution in [3.63, 3.8) is 0 Å². The van der Waals surface area contributed by atoms with Gasteiger partial charge in [0.25, 0.3) is 0 Å². The van der Waals surface area contributed by atoms with Crippen molar-refractivity contribution in [2.45, 2.75) is 39.2 Å². The summed E-state index contributed by atoms with van der Waals surface area (Å²) in [5, 5.41) is 11.3. The third-order valence-corrected chi connectivity index (χ3v) is 1.95. The minimum atomic E-state index is -0.399. The van der Waals surface area contributed by atoms with Crippen molar-refractivity contribution in [3.8, 4) is 0 Å². The number of rotatable bonds is 7. The number of hydrogen-bond donors (Lipinski definition) is 3. The fourth-order valence-corrected chi connectivity index (χ4v) is 1.19. The van der Waals surface area contributed by atoms with Crippen LogP contribution in [-0.2, 0) is 4.79 Å². The van der Waals surface area contributed by atoms with Crippen LogP contribution in [0.4, 0.5) is 0 Å². The number of nitrogens with two attached hydrogens (primary N) is 1. The number of carbonyl (C=O) groups excluding carboxylic acids is 1. The second kappa shape index (κ2) is 7.76. The first-order chi connectivity index (χ1) is 6.57. The Bertz CT molecular complexity index is 160. The number of amides is 1. The molecule has 0 rings (SSSR count). The Morgan fingerprint density at radius 1 is 1.43 bits per heavy atom. The molecule has 84 valence electrons. The predicted molar refractivity (Wildman–Crippen MR) is 56.8 cm³/mol. The third kappa shape index (κ3) is 6.86. The lowest BCUT2D eigenvalue weighted by atomic mass is 10.0. The summed E-state index contributed by atoms with van der Waals surface area (Å²) >= 11 is 0. The van der Waals surface area contributed by atoms with Crippen LogP contribution in [0.1, 0.15) is 33.1 Å². The van der Waals surface area contributed by atoms with Crippen LogP contribution < -0.4 is 11.1 Å². The SMILES string of the molecule is CC(C)C[C@@H](N)C(=O)NCCCCO. The van der Waals surface area contributed by atoms with E-state index in [1.165, 1.54) is 0 Å². The molecule has 0 aliphatic heterocycles. The minimum Gasteiger partial charge on any atom is -0.396 e. The first-order valence-electron chi connectivity index (χ1n) is 5.22. The zero-order chi connectivity index (χ0) is 11.0. The highest BCUT2D eigenvalue weighted by molar-refractivity contribution is 5.81. The summed E-state index contributed by atoms with van der Waals surface area (Å²) in [5.74, 6) is 0.352. The Hall–Kier alpha value is -0.610. The summed E-state index contributed by atoms with van der Waals surface area (Å²) in [7, 11) is 0. The Morgan fingerprint density at radius 2 is 2.07 bits per heavy atom. The van der Waals surface area contributed by atoms with E-state index in [0.717, 1.165) is 12.8 Å². The lowest BCUT2D eigenvalue weighted by Crippen LogP contribution is -2.41. The molecule has 0 bridgehead atoms. The number of unbranched alkanes of at least 4 members (excludes halogenated alkanes) is 1. The number of aliphatic hydroxyl groups is 1. The zero-order valence-corrected chi connectivity index (χ0v) is 9.12. The molecule has 0 aromatic heterocycles. The van der Waals surface area contributed by atoms with Crippen molar-refractivity contribution in [2.75, 3.05) is 13.2 Å². The van der Waals surface area contributed by atoms with Crippen LogP contribution in [0.2, 0.25) is 0 Å². The molecule has 0 saturated carbocycles. The van der Waals surface area contributed by atoms with Crippen LogP contribution in [0, 0.1) is 5.92 Å². The van der Waals surface area contributed by atoms with Crippen LogP contribution in [-0.4, -0.2) is 30.2 Å². The van der Waals surface area contributed by atoms with Gasteiger partial charge in [0.05, 0.1) is 6.04 Å². The van der Waals surface area contributed by atoms with Gasteiger partial charge in [-0.15, -0.1) is 0 Å². The van der Waals surface area contributed by atoms with Gasteiger partial charge in [0, 0.05) is 13.2 Å². The summed E-state index contributed by atoms with van der Waals surface area (Å²) in [6, 6.07) is -0.399. The van der Waals surface area contributed by atoms with Gasteiger partial charge in [-0.3, -0.25) is 4.79 Å². The van der Waals surface area contributed by atoms with E-state index in [1.807, 2.05) is 13.8 Å². The number of nitrogens with one attached hydrogen (secondary N) is 1. The molecule has 0 heterocycles. The Balaban J connectivity index is 3.52. The molecule has 0 radical (unpaired) electrons. The molecule has 0 fully saturated rings. The smallest absolute Gasteiger partial charge is 0.236 e. The highest BCUT2D eigenvalue weighted by Gasteiger charge is 2.13. The maximum atomic E-state index is 11.3. The average Bonchev–Trinajstić information content (AvgIpc) is 2.11. The van der Waals surface area contributed by atoms with Crippen LogP contribution in [0.5, 0.6) is 0 Å². The second-order valence-corrected chi connectivity index (χ2v) is 3.96. The molecule has 0 aliphatic carbocycles. The van der Waals surface area contributed by atoms with Gasteiger partial charge in [-0.25, -0.2) is 0 Å². The molecule has 0 aliphatic rings. The Kier molecular flexibility index (Phi) is 7.42. The largest absolute Gasteiger partial charge is 0.396 e. The molecule has 1 atom stereocenters. The molecule has 1 amide bonds. The quantitative estimate of drug-likeness (QED) is 0.518. The average molecular weight is 202 g/mol. The van der Waals surface area contributed by atoms with Crippen molar-refractivity contribution in [1.29, 1.82) is 0 Å². The maximum absolute atomic E-state index is 11.3. The summed E-state index contributed by atoms with van der Waals surface area (Å²) in [5.41, 5.74) is 5.67. The van der Waals surface area contributed by atoms with E-state index in [9.17, 15) is 4.79 Å². The fraction of sp³-hybridized carbons (Fsp3) is 0.900. The first-order valence-corrected chi connectivity index (χ1v) is 5.22. The summed E-state index contributed by atoms with van der Waals surface area (Å²) in [4.78, 5) is 11.3. The van der Waals surface area contributed by atoms with Gasteiger partial charge >= 0.3 is 0 Å². The molecule has 4 N–H and O–H groups in total. The fourth-order valence-electron chi connectivity index (χ4n) is 1.19. The van der Waals surface area contributed by atoms with Crippen LogP contribution in [0.3, 0.4) is 0 Å². The molecule has 0 spiro atoms. The topological polar surface area (TPSA) is 75.4 Å². The standard InChI is InChI=1S/C10H22N2O2/c1-8(2)7-9(11)10(14)12-5-3-4-6-13/h8-9,13H,3-7,11H2,1-2H3,(H,12,14)/t9-/m1/s1. The lowest BCUT2D eigenvalue weighted by Gasteiger charge is -2.13.